The van der Waals surface area contributed by atoms with Crippen LogP contribution in [0.5, 0.6) is 0 Å². The smallest absolute Gasteiger partial charge is 0.349 e. The zero-order chi connectivity index (χ0) is 33.3. The summed E-state index contributed by atoms with van der Waals surface area (Å²) in [6.45, 7) is 6.31. The molecular formula is C36H36N4O7. The van der Waals surface area contributed by atoms with E-state index in [0.29, 0.717) is 27.8 Å². The Balaban J connectivity index is 1.28. The van der Waals surface area contributed by atoms with E-state index in [0.717, 1.165) is 24.2 Å². The summed E-state index contributed by atoms with van der Waals surface area (Å²) in [4.78, 5) is 58.5. The molecule has 2 heterocycles. The molecule has 2 N–H and O–H groups in total. The summed E-state index contributed by atoms with van der Waals surface area (Å²) in [5.74, 6) is -1.51. The van der Waals surface area contributed by atoms with Crippen LogP contribution < -0.4 is 15.8 Å². The summed E-state index contributed by atoms with van der Waals surface area (Å²) in [6.07, 6.45) is 12.5. The van der Waals surface area contributed by atoms with Crippen LogP contribution in [-0.4, -0.2) is 65.5 Å². The van der Waals surface area contributed by atoms with Crippen molar-refractivity contribution in [1.82, 2.24) is 15.2 Å². The summed E-state index contributed by atoms with van der Waals surface area (Å²) in [5, 5.41) is 12.6. The Bertz CT molecular complexity index is 1980. The number of allylic oxidation sites excluding steroid dienone is 6. The molecule has 0 radical (unpaired) electrons. The van der Waals surface area contributed by atoms with E-state index in [1.165, 1.54) is 4.90 Å². The van der Waals surface area contributed by atoms with Gasteiger partial charge in [0.15, 0.2) is 5.58 Å². The molecule has 0 bridgehead atoms. The van der Waals surface area contributed by atoms with Gasteiger partial charge in [-0.2, -0.15) is 0 Å². The Morgan fingerprint density at radius 3 is 2.47 bits per heavy atom. The van der Waals surface area contributed by atoms with Crippen molar-refractivity contribution in [2.24, 2.45) is 0 Å². The molecule has 0 unspecified atom stereocenters. The lowest BCUT2D eigenvalue weighted by Gasteiger charge is -2.23. The quantitative estimate of drug-likeness (QED) is 0.182. The van der Waals surface area contributed by atoms with Crippen molar-refractivity contribution in [2.75, 3.05) is 37.6 Å². The van der Waals surface area contributed by atoms with Gasteiger partial charge in [0.1, 0.15) is 16.7 Å². The standard InChI is InChI=1S/C36H36N4O7/c1-3-39(4-2)27-16-14-25-21-28(36(45)47-31(25)23-27)34-38-29-22-26(15-17-30(29)46-34)33(43)37-18-20-40(19-10-13-32(41)42)35(44)24-11-8-6-5-7-9-12-24/h5-9,11-12,14-17,21-23H,3-4,10,13,18-20H2,1-2H3,(H,37,43)(H,41,42)/b6-5-,7-5?,8-6?,9-7-,11-8?,12-9?,24-11?,24-12?. The fourth-order valence-electron chi connectivity index (χ4n) is 5.25. The number of carbonyl (C=O) groups is 3. The lowest BCUT2D eigenvalue weighted by molar-refractivity contribution is -0.137. The predicted molar refractivity (Wildman–Crippen MR) is 180 cm³/mol. The highest BCUT2D eigenvalue weighted by Crippen LogP contribution is 2.27. The molecule has 11 heteroatoms. The van der Waals surface area contributed by atoms with E-state index in [-0.39, 0.29) is 55.7 Å². The number of aliphatic carboxylic acids is 1. The topological polar surface area (TPSA) is 146 Å². The second kappa shape index (κ2) is 15.0. The molecule has 11 nitrogen and oxygen atoms in total. The fraction of sp³-hybridized carbons (Fsp3) is 0.250. The number of rotatable bonds is 13. The minimum absolute atomic E-state index is 0.0773. The Kier molecular flexibility index (Phi) is 10.5. The molecule has 2 amide bonds. The van der Waals surface area contributed by atoms with E-state index in [4.69, 9.17) is 13.9 Å². The maximum Gasteiger partial charge on any atom is 0.349 e. The molecule has 0 aliphatic heterocycles. The van der Waals surface area contributed by atoms with Crippen LogP contribution in [0.1, 0.15) is 37.0 Å². The van der Waals surface area contributed by atoms with Crippen molar-refractivity contribution >= 4 is 45.5 Å². The third-order valence-corrected chi connectivity index (χ3v) is 7.74. The Morgan fingerprint density at radius 1 is 0.894 bits per heavy atom. The average molecular weight is 637 g/mol. The number of nitrogens with one attached hydrogen (secondary N) is 1. The van der Waals surface area contributed by atoms with Crippen LogP contribution in [0.3, 0.4) is 0 Å². The van der Waals surface area contributed by atoms with Gasteiger partial charge in [-0.15, -0.1) is 0 Å². The molecule has 5 rings (SSSR count). The SMILES string of the molecule is CCN(CC)c1ccc2cc(-c3nc4cc(C(=O)NCCN(CCCC(=O)O)C(=O)C5=C/C=C\C=C/C=C5)ccc4o3)c(=O)oc2c1. The number of hydrogen-bond donors (Lipinski definition) is 2. The number of fused-ring (bicyclic) bond motifs is 2. The van der Waals surface area contributed by atoms with Gasteiger partial charge in [-0.3, -0.25) is 14.4 Å². The third-order valence-electron chi connectivity index (χ3n) is 7.74. The van der Waals surface area contributed by atoms with Crippen LogP contribution in [0.2, 0.25) is 0 Å². The number of anilines is 1. The normalized spacial score (nSPS) is 13.9. The first-order chi connectivity index (χ1) is 22.8. The molecule has 0 atom stereocenters. The number of oxazole rings is 1. The van der Waals surface area contributed by atoms with Gasteiger partial charge in [0.25, 0.3) is 11.8 Å². The Labute approximate surface area is 271 Å². The van der Waals surface area contributed by atoms with Crippen molar-refractivity contribution < 1.29 is 28.3 Å². The molecule has 0 spiro atoms. The number of benzene rings is 2. The van der Waals surface area contributed by atoms with Crippen LogP contribution in [0.4, 0.5) is 5.69 Å². The number of carboxylic acids is 1. The summed E-state index contributed by atoms with van der Waals surface area (Å²) >= 11 is 0. The van der Waals surface area contributed by atoms with Crippen molar-refractivity contribution in [3.05, 3.63) is 107 Å². The number of aromatic nitrogens is 1. The second-order valence-electron chi connectivity index (χ2n) is 10.8. The van der Waals surface area contributed by atoms with Gasteiger partial charge in [-0.05, 0) is 68.8 Å². The Morgan fingerprint density at radius 2 is 1.68 bits per heavy atom. The fourth-order valence-corrected chi connectivity index (χ4v) is 5.25. The predicted octanol–water partition coefficient (Wildman–Crippen LogP) is 5.48. The minimum Gasteiger partial charge on any atom is -0.481 e. The summed E-state index contributed by atoms with van der Waals surface area (Å²) in [6, 6.07) is 12.2. The molecular weight excluding hydrogens is 600 g/mol. The molecule has 2 aromatic heterocycles. The van der Waals surface area contributed by atoms with Gasteiger partial charge in [0, 0.05) is 67.4 Å². The molecule has 4 aromatic rings. The highest BCUT2D eigenvalue weighted by Gasteiger charge is 2.19. The van der Waals surface area contributed by atoms with E-state index in [1.54, 1.807) is 60.7 Å². The van der Waals surface area contributed by atoms with Gasteiger partial charge < -0.3 is 29.1 Å². The Hall–Kier alpha value is -5.71. The van der Waals surface area contributed by atoms with E-state index in [1.807, 2.05) is 24.3 Å². The van der Waals surface area contributed by atoms with Gasteiger partial charge >= 0.3 is 11.6 Å². The number of carboxylic acid groups (broad SMARTS) is 1. The van der Waals surface area contributed by atoms with Gasteiger partial charge in [0.2, 0.25) is 5.89 Å². The molecule has 47 heavy (non-hydrogen) atoms. The number of hydrogen-bond acceptors (Lipinski definition) is 8. The zero-order valence-electron chi connectivity index (χ0n) is 26.3. The molecule has 1 aliphatic carbocycles. The van der Waals surface area contributed by atoms with Crippen LogP contribution in [-0.2, 0) is 9.59 Å². The van der Waals surface area contributed by atoms with Crippen molar-refractivity contribution in [3.8, 4) is 11.5 Å². The molecule has 1 aliphatic rings. The third kappa shape index (κ3) is 7.93. The molecule has 2 aromatic carbocycles. The second-order valence-corrected chi connectivity index (χ2v) is 10.8. The summed E-state index contributed by atoms with van der Waals surface area (Å²) < 4.78 is 11.5. The molecule has 242 valence electrons. The summed E-state index contributed by atoms with van der Waals surface area (Å²) in [5.41, 5.74) is 2.56. The maximum atomic E-state index is 13.3. The van der Waals surface area contributed by atoms with E-state index in [9.17, 15) is 19.2 Å². The molecule has 0 saturated heterocycles. The van der Waals surface area contributed by atoms with Crippen LogP contribution >= 0.6 is 0 Å². The van der Waals surface area contributed by atoms with E-state index >= 15 is 0 Å². The average Bonchev–Trinajstić information content (AvgIpc) is 3.47. The van der Waals surface area contributed by atoms with E-state index < -0.39 is 11.6 Å². The number of nitrogens with zero attached hydrogens (tertiary/aromatic N) is 3. The van der Waals surface area contributed by atoms with Gasteiger partial charge in [0.05, 0.1) is 0 Å². The number of amides is 2. The first kappa shape index (κ1) is 32.7. The van der Waals surface area contributed by atoms with Crippen molar-refractivity contribution in [3.63, 3.8) is 0 Å². The van der Waals surface area contributed by atoms with Crippen LogP contribution in [0, 0.1) is 0 Å². The monoisotopic (exact) mass is 636 g/mol. The first-order valence-electron chi connectivity index (χ1n) is 15.5. The van der Waals surface area contributed by atoms with Gasteiger partial charge in [-0.1, -0.05) is 30.4 Å². The molecule has 0 fully saturated rings. The summed E-state index contributed by atoms with van der Waals surface area (Å²) in [7, 11) is 0. The number of carbonyl (C=O) groups excluding carboxylic acids is 2. The van der Waals surface area contributed by atoms with Crippen molar-refractivity contribution in [1.29, 1.82) is 0 Å². The first-order valence-corrected chi connectivity index (χ1v) is 15.5. The minimum atomic E-state index is -0.943. The zero-order valence-corrected chi connectivity index (χ0v) is 26.3. The van der Waals surface area contributed by atoms with Crippen LogP contribution in [0.15, 0.2) is 104 Å². The van der Waals surface area contributed by atoms with Crippen molar-refractivity contribution in [2.45, 2.75) is 26.7 Å². The van der Waals surface area contributed by atoms with E-state index in [2.05, 4.69) is 29.0 Å². The highest BCUT2D eigenvalue weighted by atomic mass is 16.4. The maximum absolute atomic E-state index is 13.3. The largest absolute Gasteiger partial charge is 0.481 e. The lowest BCUT2D eigenvalue weighted by Crippen LogP contribution is -2.39. The highest BCUT2D eigenvalue weighted by molar-refractivity contribution is 5.98. The van der Waals surface area contributed by atoms with Gasteiger partial charge in [-0.25, -0.2) is 9.78 Å². The lowest BCUT2D eigenvalue weighted by atomic mass is 10.1. The molecule has 0 saturated carbocycles. The van der Waals surface area contributed by atoms with Crippen LogP contribution in [0.25, 0.3) is 33.5 Å².